The topological polar surface area (TPSA) is 70.8 Å². The summed E-state index contributed by atoms with van der Waals surface area (Å²) in [5.74, 6) is -0.243. The largest absolute Gasteiger partial charge is 1.00 e. The van der Waals surface area contributed by atoms with Crippen LogP contribution in [0.4, 0.5) is 5.69 Å². The summed E-state index contributed by atoms with van der Waals surface area (Å²) < 4.78 is 11.5. The smallest absolute Gasteiger partial charge is 0.691 e. The van der Waals surface area contributed by atoms with Crippen molar-refractivity contribution in [3.05, 3.63) is 59.2 Å². The van der Waals surface area contributed by atoms with Gasteiger partial charge in [-0.25, -0.2) is 0 Å². The second kappa shape index (κ2) is 10.7. The zero-order valence-electron chi connectivity index (χ0n) is 17.4. The number of rotatable bonds is 7. The molecular weight excluding hydrogens is 417 g/mol. The van der Waals surface area contributed by atoms with Gasteiger partial charge in [0.2, 0.25) is 5.69 Å². The first-order chi connectivity index (χ1) is 13.4. The van der Waals surface area contributed by atoms with Crippen LogP contribution in [0.15, 0.2) is 47.4 Å². The molecule has 2 aromatic rings. The SMILES string of the molecule is COC(=O)Cc1ccc(C[N+]2=C(C)C(C)(C)c3cc(SOO[O-])ccc32)cc1.[K+]. The number of benzene rings is 2. The van der Waals surface area contributed by atoms with Crippen molar-refractivity contribution >= 4 is 29.4 Å². The van der Waals surface area contributed by atoms with E-state index in [2.05, 4.69) is 34.7 Å². The molecule has 148 valence electrons. The van der Waals surface area contributed by atoms with Gasteiger partial charge >= 0.3 is 57.4 Å². The van der Waals surface area contributed by atoms with Gasteiger partial charge < -0.3 is 9.99 Å². The fourth-order valence-electron chi connectivity index (χ4n) is 3.46. The molecule has 1 aliphatic rings. The van der Waals surface area contributed by atoms with Crippen LogP contribution < -0.4 is 56.6 Å². The first-order valence-corrected chi connectivity index (χ1v) is 9.65. The molecule has 6 nitrogen and oxygen atoms in total. The zero-order valence-corrected chi connectivity index (χ0v) is 21.3. The van der Waals surface area contributed by atoms with E-state index in [1.54, 1.807) is 0 Å². The predicted molar refractivity (Wildman–Crippen MR) is 104 cm³/mol. The van der Waals surface area contributed by atoms with Gasteiger partial charge in [-0.2, -0.15) is 8.91 Å². The van der Waals surface area contributed by atoms with E-state index < -0.39 is 0 Å². The van der Waals surface area contributed by atoms with Crippen LogP contribution in [0.25, 0.3) is 0 Å². The molecule has 0 spiro atoms. The molecule has 2 aromatic carbocycles. The number of esters is 1. The van der Waals surface area contributed by atoms with Crippen LogP contribution in [0, 0.1) is 0 Å². The minimum Gasteiger partial charge on any atom is -0.691 e. The standard InChI is InChI=1S/C21H23NO5S.K/c1-14-21(2,3)18-12-17(28-27-26-24)9-10-19(18)22(14)13-16-7-5-15(6-8-16)11-20(23)25-4;/h5-10,12H,11,13H2,1-4H3;/q;+1. The Morgan fingerprint density at radius 3 is 2.41 bits per heavy atom. The van der Waals surface area contributed by atoms with Crippen molar-refractivity contribution in [2.45, 2.75) is 44.0 Å². The van der Waals surface area contributed by atoms with Crippen LogP contribution in [0.1, 0.15) is 37.5 Å². The molecule has 1 heterocycles. The van der Waals surface area contributed by atoms with Gasteiger partial charge in [-0.15, -0.1) is 0 Å². The number of fused-ring (bicyclic) bond motifs is 1. The van der Waals surface area contributed by atoms with Gasteiger partial charge in [-0.05, 0) is 31.5 Å². The van der Waals surface area contributed by atoms with Gasteiger partial charge in [-0.1, -0.05) is 24.3 Å². The van der Waals surface area contributed by atoms with Crippen molar-refractivity contribution < 1.29 is 80.1 Å². The third-order valence-electron chi connectivity index (χ3n) is 5.34. The van der Waals surface area contributed by atoms with Crippen LogP contribution in [0.3, 0.4) is 0 Å². The third-order valence-corrected chi connectivity index (χ3v) is 5.91. The Hall–Kier alpha value is -0.554. The Morgan fingerprint density at radius 1 is 1.14 bits per heavy atom. The molecule has 8 heteroatoms. The summed E-state index contributed by atoms with van der Waals surface area (Å²) in [6.45, 7) is 7.23. The fraction of sp³-hybridized carbons (Fsp3) is 0.333. The number of hydrogen-bond donors (Lipinski definition) is 0. The summed E-state index contributed by atoms with van der Waals surface area (Å²) in [4.78, 5) is 12.2. The summed E-state index contributed by atoms with van der Waals surface area (Å²) in [5, 5.41) is 13.5. The molecule has 1 aliphatic heterocycles. The van der Waals surface area contributed by atoms with E-state index in [9.17, 15) is 10.1 Å². The summed E-state index contributed by atoms with van der Waals surface area (Å²) in [6.07, 6.45) is 0.275. The number of carbonyl (C=O) groups excluding carboxylic acids is 1. The molecule has 0 fully saturated rings. The van der Waals surface area contributed by atoms with E-state index in [1.165, 1.54) is 18.4 Å². The van der Waals surface area contributed by atoms with Crippen molar-refractivity contribution in [2.75, 3.05) is 7.11 Å². The summed E-state index contributed by atoms with van der Waals surface area (Å²) in [5.41, 5.74) is 5.48. The average molecular weight is 441 g/mol. The maximum Gasteiger partial charge on any atom is 1.00 e. The molecule has 0 N–H and O–H groups in total. The molecule has 3 rings (SSSR count). The van der Waals surface area contributed by atoms with Crippen LogP contribution >= 0.6 is 12.0 Å². The van der Waals surface area contributed by atoms with E-state index in [-0.39, 0.29) is 69.2 Å². The second-order valence-corrected chi connectivity index (χ2v) is 8.04. The Kier molecular flexibility index (Phi) is 9.08. The minimum atomic E-state index is -0.243. The van der Waals surface area contributed by atoms with E-state index in [0.29, 0.717) is 0 Å². The summed E-state index contributed by atoms with van der Waals surface area (Å²) >= 11 is 0.902. The molecule has 0 radical (unpaired) electrons. The van der Waals surface area contributed by atoms with Gasteiger partial charge in [0.15, 0.2) is 12.3 Å². The van der Waals surface area contributed by atoms with Crippen molar-refractivity contribution in [3.63, 3.8) is 0 Å². The number of methoxy groups -OCH3 is 1. The molecule has 0 amide bonds. The normalized spacial score (nSPS) is 14.4. The quantitative estimate of drug-likeness (QED) is 0.153. The van der Waals surface area contributed by atoms with Crippen molar-refractivity contribution in [1.82, 2.24) is 0 Å². The Bertz CT molecular complexity index is 912. The Labute approximate surface area is 217 Å². The summed E-state index contributed by atoms with van der Waals surface area (Å²) in [7, 11) is 1.39. The van der Waals surface area contributed by atoms with Crippen LogP contribution in [-0.2, 0) is 37.3 Å². The van der Waals surface area contributed by atoms with Gasteiger partial charge in [0, 0.05) is 29.0 Å². The first-order valence-electron chi connectivity index (χ1n) is 8.90. The van der Waals surface area contributed by atoms with Gasteiger partial charge in [0.25, 0.3) is 0 Å². The van der Waals surface area contributed by atoms with Crippen LogP contribution in [0.5, 0.6) is 0 Å². The number of ether oxygens (including phenoxy) is 1. The molecule has 29 heavy (non-hydrogen) atoms. The van der Waals surface area contributed by atoms with E-state index in [4.69, 9.17) is 4.74 Å². The molecule has 0 bridgehead atoms. The average Bonchev–Trinajstić information content (AvgIpc) is 2.88. The van der Waals surface area contributed by atoms with E-state index in [1.807, 2.05) is 42.5 Å². The summed E-state index contributed by atoms with van der Waals surface area (Å²) in [6, 6.07) is 14.0. The molecular formula is C21H23KNO5S+. The van der Waals surface area contributed by atoms with Crippen molar-refractivity contribution in [3.8, 4) is 0 Å². The van der Waals surface area contributed by atoms with Gasteiger partial charge in [-0.3, -0.25) is 9.83 Å². The van der Waals surface area contributed by atoms with Crippen molar-refractivity contribution in [1.29, 1.82) is 0 Å². The van der Waals surface area contributed by atoms with Crippen LogP contribution in [-0.4, -0.2) is 23.4 Å². The van der Waals surface area contributed by atoms with Crippen molar-refractivity contribution in [2.24, 2.45) is 0 Å². The third kappa shape index (κ3) is 5.58. The fourth-order valence-corrected chi connectivity index (χ4v) is 3.85. The molecule has 0 saturated heterocycles. The van der Waals surface area contributed by atoms with Gasteiger partial charge in [0.1, 0.15) is 0 Å². The predicted octanol–water partition coefficient (Wildman–Crippen LogP) is 0.233. The van der Waals surface area contributed by atoms with Crippen LogP contribution in [0.2, 0.25) is 0 Å². The Balaban J connectivity index is 0.00000300. The molecule has 0 atom stereocenters. The zero-order chi connectivity index (χ0) is 20.3. The number of nitrogens with zero attached hydrogens (tertiary/aromatic N) is 1. The first kappa shape index (κ1) is 24.7. The monoisotopic (exact) mass is 440 g/mol. The molecule has 0 aromatic heterocycles. The minimum absolute atomic E-state index is 0. The Morgan fingerprint density at radius 2 is 1.79 bits per heavy atom. The number of hydrogen-bond acceptors (Lipinski definition) is 6. The van der Waals surface area contributed by atoms with E-state index in [0.717, 1.165) is 40.3 Å². The van der Waals surface area contributed by atoms with Gasteiger partial charge in [0.05, 0.1) is 31.0 Å². The number of carbonyl (C=O) groups is 1. The molecule has 0 unspecified atom stereocenters. The second-order valence-electron chi connectivity index (χ2n) is 7.26. The molecule has 0 saturated carbocycles. The maximum absolute atomic E-state index is 11.4. The van der Waals surface area contributed by atoms with E-state index >= 15 is 0 Å². The maximum atomic E-state index is 11.4. The molecule has 0 aliphatic carbocycles.